The number of piperidine rings is 1. The van der Waals surface area contributed by atoms with Crippen molar-refractivity contribution in [2.45, 2.75) is 30.1 Å². The van der Waals surface area contributed by atoms with E-state index in [1.807, 2.05) is 6.92 Å². The van der Waals surface area contributed by atoms with Crippen molar-refractivity contribution in [1.29, 1.82) is 0 Å². The van der Waals surface area contributed by atoms with Crippen LogP contribution in [-0.4, -0.2) is 16.3 Å². The van der Waals surface area contributed by atoms with E-state index in [-0.39, 0.29) is 11.9 Å². The van der Waals surface area contributed by atoms with Crippen molar-refractivity contribution in [3.8, 4) is 0 Å². The van der Waals surface area contributed by atoms with Gasteiger partial charge in [0.1, 0.15) is 0 Å². The summed E-state index contributed by atoms with van der Waals surface area (Å²) < 4.78 is -1.19. The Hall–Kier alpha value is 0.0500. The molecule has 1 atom stereocenters. The molecular weight excluding hydrogens is 173 g/mol. The summed E-state index contributed by atoms with van der Waals surface area (Å²) in [6.45, 7) is 1.93. The van der Waals surface area contributed by atoms with Gasteiger partial charge in [-0.1, -0.05) is 23.2 Å². The van der Waals surface area contributed by atoms with E-state index in [1.54, 1.807) is 0 Å². The Kier molecular flexibility index (Phi) is 2.11. The van der Waals surface area contributed by atoms with Gasteiger partial charge < -0.3 is 5.32 Å². The number of carbonyl (C=O) groups is 1. The van der Waals surface area contributed by atoms with Crippen molar-refractivity contribution in [2.75, 3.05) is 0 Å². The summed E-state index contributed by atoms with van der Waals surface area (Å²) in [7, 11) is 0. The monoisotopic (exact) mass is 181 g/mol. The molecule has 1 N–H and O–H groups in total. The third-order valence-corrected chi connectivity index (χ3v) is 2.32. The highest BCUT2D eigenvalue weighted by Crippen LogP contribution is 2.30. The molecule has 1 saturated heterocycles. The van der Waals surface area contributed by atoms with Crippen molar-refractivity contribution >= 4 is 29.1 Å². The topological polar surface area (TPSA) is 29.1 Å². The molecule has 0 aromatic rings. The predicted octanol–water partition coefficient (Wildman–Crippen LogP) is 1.46. The Morgan fingerprint density at radius 3 is 2.70 bits per heavy atom. The molecule has 1 unspecified atom stereocenters. The van der Waals surface area contributed by atoms with Gasteiger partial charge in [0, 0.05) is 6.04 Å². The molecule has 58 valence electrons. The second-order valence-electron chi connectivity index (χ2n) is 2.62. The Morgan fingerprint density at radius 2 is 2.30 bits per heavy atom. The van der Waals surface area contributed by atoms with Gasteiger partial charge >= 0.3 is 0 Å². The predicted molar refractivity (Wildman–Crippen MR) is 41.3 cm³/mol. The lowest BCUT2D eigenvalue weighted by molar-refractivity contribution is -0.123. The first kappa shape index (κ1) is 8.15. The van der Waals surface area contributed by atoms with Crippen LogP contribution in [0.5, 0.6) is 0 Å². The minimum absolute atomic E-state index is 0.207. The molecule has 10 heavy (non-hydrogen) atoms. The van der Waals surface area contributed by atoms with Crippen LogP contribution in [0.4, 0.5) is 0 Å². The summed E-state index contributed by atoms with van der Waals surface area (Å²) in [5.41, 5.74) is 0. The average Bonchev–Trinajstić information content (AvgIpc) is 1.81. The Labute approximate surface area is 69.9 Å². The zero-order valence-electron chi connectivity index (χ0n) is 5.66. The summed E-state index contributed by atoms with van der Waals surface area (Å²) in [5.74, 6) is -0.269. The van der Waals surface area contributed by atoms with Gasteiger partial charge in [0.2, 0.25) is 0 Å². The van der Waals surface area contributed by atoms with Gasteiger partial charge in [-0.25, -0.2) is 0 Å². The molecule has 0 spiro atoms. The second-order valence-corrected chi connectivity index (χ2v) is 4.10. The maximum atomic E-state index is 11.0. The normalized spacial score (nSPS) is 31.5. The van der Waals surface area contributed by atoms with Crippen molar-refractivity contribution < 1.29 is 4.79 Å². The molecule has 0 aromatic heterocycles. The number of amides is 1. The maximum absolute atomic E-state index is 11.0. The molecule has 0 aromatic carbocycles. The van der Waals surface area contributed by atoms with Gasteiger partial charge in [-0.3, -0.25) is 4.79 Å². The molecule has 1 heterocycles. The molecule has 1 aliphatic heterocycles. The fourth-order valence-corrected chi connectivity index (χ4v) is 1.24. The largest absolute Gasteiger partial charge is 0.351 e. The standard InChI is InChI=1S/C6H9Cl2NO/c1-4-2-3-6(7,8)5(10)9-4/h4H,2-3H2,1H3,(H,9,10). The first-order chi connectivity index (χ1) is 4.52. The van der Waals surface area contributed by atoms with E-state index in [4.69, 9.17) is 23.2 Å². The summed E-state index contributed by atoms with van der Waals surface area (Å²) in [6.07, 6.45) is 1.39. The van der Waals surface area contributed by atoms with Gasteiger partial charge in [-0.15, -0.1) is 0 Å². The molecule has 1 aliphatic rings. The molecule has 2 nitrogen and oxygen atoms in total. The van der Waals surface area contributed by atoms with Gasteiger partial charge in [0.25, 0.3) is 5.91 Å². The highest BCUT2D eigenvalue weighted by Gasteiger charge is 2.37. The van der Waals surface area contributed by atoms with E-state index >= 15 is 0 Å². The molecule has 0 bridgehead atoms. The van der Waals surface area contributed by atoms with E-state index < -0.39 is 4.33 Å². The fourth-order valence-electron chi connectivity index (χ4n) is 0.913. The molecule has 1 rings (SSSR count). The van der Waals surface area contributed by atoms with Crippen LogP contribution in [0.3, 0.4) is 0 Å². The number of hydrogen-bond donors (Lipinski definition) is 1. The average molecular weight is 182 g/mol. The second kappa shape index (κ2) is 2.59. The quantitative estimate of drug-likeness (QED) is 0.564. The molecule has 0 aliphatic carbocycles. The van der Waals surface area contributed by atoms with Crippen LogP contribution in [0.25, 0.3) is 0 Å². The molecule has 1 fully saturated rings. The molecule has 0 saturated carbocycles. The SMILES string of the molecule is CC1CCC(Cl)(Cl)C(=O)N1. The lowest BCUT2D eigenvalue weighted by atomic mass is 10.1. The highest BCUT2D eigenvalue weighted by molar-refractivity contribution is 6.58. The van der Waals surface area contributed by atoms with E-state index in [9.17, 15) is 4.79 Å². The maximum Gasteiger partial charge on any atom is 0.256 e. The lowest BCUT2D eigenvalue weighted by Crippen LogP contribution is -2.48. The van der Waals surface area contributed by atoms with Gasteiger partial charge in [-0.05, 0) is 19.8 Å². The molecule has 0 radical (unpaired) electrons. The first-order valence-corrected chi connectivity index (χ1v) is 3.97. The summed E-state index contributed by atoms with van der Waals surface area (Å²) >= 11 is 11.3. The number of alkyl halides is 2. The lowest BCUT2D eigenvalue weighted by Gasteiger charge is -2.28. The van der Waals surface area contributed by atoms with Gasteiger partial charge in [0.15, 0.2) is 4.33 Å². The minimum atomic E-state index is -1.19. The Bertz CT molecular complexity index is 158. The molecule has 1 amide bonds. The van der Waals surface area contributed by atoms with E-state index in [0.717, 1.165) is 6.42 Å². The number of hydrogen-bond acceptors (Lipinski definition) is 1. The van der Waals surface area contributed by atoms with Crippen LogP contribution >= 0.6 is 23.2 Å². The number of nitrogens with one attached hydrogen (secondary N) is 1. The number of rotatable bonds is 0. The van der Waals surface area contributed by atoms with Crippen LogP contribution in [0, 0.1) is 0 Å². The van der Waals surface area contributed by atoms with Crippen molar-refractivity contribution in [3.63, 3.8) is 0 Å². The van der Waals surface area contributed by atoms with E-state index in [0.29, 0.717) is 6.42 Å². The van der Waals surface area contributed by atoms with Crippen LogP contribution in [0.2, 0.25) is 0 Å². The summed E-state index contributed by atoms with van der Waals surface area (Å²) in [4.78, 5) is 11.0. The minimum Gasteiger partial charge on any atom is -0.351 e. The molecule has 4 heteroatoms. The van der Waals surface area contributed by atoms with Crippen LogP contribution in [0.1, 0.15) is 19.8 Å². The third kappa shape index (κ3) is 1.55. The summed E-state index contributed by atoms with van der Waals surface area (Å²) in [5, 5.41) is 2.67. The first-order valence-electron chi connectivity index (χ1n) is 3.21. The van der Waals surface area contributed by atoms with E-state index in [2.05, 4.69) is 5.32 Å². The van der Waals surface area contributed by atoms with Crippen molar-refractivity contribution in [3.05, 3.63) is 0 Å². The van der Waals surface area contributed by atoms with Crippen LogP contribution < -0.4 is 5.32 Å². The van der Waals surface area contributed by atoms with E-state index in [1.165, 1.54) is 0 Å². The Morgan fingerprint density at radius 1 is 1.70 bits per heavy atom. The number of carbonyl (C=O) groups excluding carboxylic acids is 1. The number of halogens is 2. The highest BCUT2D eigenvalue weighted by atomic mass is 35.5. The zero-order valence-corrected chi connectivity index (χ0v) is 7.17. The van der Waals surface area contributed by atoms with Crippen LogP contribution in [0.15, 0.2) is 0 Å². The Balaban J connectivity index is 2.61. The third-order valence-electron chi connectivity index (χ3n) is 1.60. The molecular formula is C6H9Cl2NO. The van der Waals surface area contributed by atoms with Crippen molar-refractivity contribution in [1.82, 2.24) is 5.32 Å². The zero-order chi connectivity index (χ0) is 7.78. The smallest absolute Gasteiger partial charge is 0.256 e. The fraction of sp³-hybridized carbons (Fsp3) is 0.833. The van der Waals surface area contributed by atoms with Crippen molar-refractivity contribution in [2.24, 2.45) is 0 Å². The van der Waals surface area contributed by atoms with Gasteiger partial charge in [-0.2, -0.15) is 0 Å². The van der Waals surface area contributed by atoms with Crippen LogP contribution in [-0.2, 0) is 4.79 Å². The summed E-state index contributed by atoms with van der Waals surface area (Å²) in [6, 6.07) is 0.207. The van der Waals surface area contributed by atoms with Gasteiger partial charge in [0.05, 0.1) is 0 Å².